The second kappa shape index (κ2) is 5.63. The van der Waals surface area contributed by atoms with Crippen molar-refractivity contribution in [3.63, 3.8) is 0 Å². The van der Waals surface area contributed by atoms with E-state index in [4.69, 9.17) is 14.2 Å². The van der Waals surface area contributed by atoms with E-state index in [-0.39, 0.29) is 18.4 Å². The monoisotopic (exact) mass is 259 g/mol. The Hall–Kier alpha value is -1.62. The maximum Gasteiger partial charge on any atom is 0.407 e. The van der Waals surface area contributed by atoms with Gasteiger partial charge in [-0.2, -0.15) is 0 Å². The van der Waals surface area contributed by atoms with Gasteiger partial charge in [0.2, 0.25) is 0 Å². The molecular weight excluding hydrogens is 246 g/mol. The molecule has 1 aromatic rings. The molecule has 6 heteroatoms. The first-order chi connectivity index (χ1) is 7.74. The van der Waals surface area contributed by atoms with Gasteiger partial charge in [0.1, 0.15) is 18.1 Å². The van der Waals surface area contributed by atoms with Crippen LogP contribution in [0.3, 0.4) is 0 Å². The molecule has 94 valence electrons. The number of ether oxygens (including phenoxy) is 3. The van der Waals surface area contributed by atoms with Gasteiger partial charge in [0.15, 0.2) is 0 Å². The van der Waals surface area contributed by atoms with Crippen LogP contribution in [0, 0.1) is 0 Å². The predicted octanol–water partition coefficient (Wildman–Crippen LogP) is 1.91. The predicted molar refractivity (Wildman–Crippen MR) is 64.0 cm³/mol. The molecule has 5 nitrogen and oxygen atoms in total. The molecule has 0 bridgehead atoms. The summed E-state index contributed by atoms with van der Waals surface area (Å²) < 4.78 is 15.2. The van der Waals surface area contributed by atoms with Gasteiger partial charge in [-0.15, -0.1) is 12.4 Å². The maximum absolute atomic E-state index is 11.0. The Morgan fingerprint density at radius 2 is 2.12 bits per heavy atom. The first-order valence-corrected chi connectivity index (χ1v) is 4.90. The van der Waals surface area contributed by atoms with Crippen LogP contribution < -0.4 is 14.8 Å². The quantitative estimate of drug-likeness (QED) is 0.901. The average molecular weight is 260 g/mol. The van der Waals surface area contributed by atoms with E-state index in [9.17, 15) is 4.79 Å². The van der Waals surface area contributed by atoms with E-state index in [1.807, 2.05) is 12.1 Å². The first kappa shape index (κ1) is 13.4. The summed E-state index contributed by atoms with van der Waals surface area (Å²) in [6.07, 6.45) is -0.400. The molecule has 1 fully saturated rings. The van der Waals surface area contributed by atoms with Gasteiger partial charge in [-0.1, -0.05) is 0 Å². The summed E-state index contributed by atoms with van der Waals surface area (Å²) in [5, 5.41) is 2.70. The van der Waals surface area contributed by atoms with Gasteiger partial charge in [0, 0.05) is 11.6 Å². The van der Waals surface area contributed by atoms with Crippen LogP contribution in [0.2, 0.25) is 0 Å². The van der Waals surface area contributed by atoms with E-state index < -0.39 is 6.09 Å². The highest BCUT2D eigenvalue weighted by Gasteiger charge is 2.26. The van der Waals surface area contributed by atoms with Crippen LogP contribution in [0.1, 0.15) is 11.6 Å². The number of benzene rings is 1. The number of halogens is 1. The number of hydrogen-bond donors (Lipinski definition) is 1. The Kier molecular flexibility index (Phi) is 4.45. The van der Waals surface area contributed by atoms with Crippen molar-refractivity contribution in [2.24, 2.45) is 0 Å². The van der Waals surface area contributed by atoms with Gasteiger partial charge < -0.3 is 19.5 Å². The second-order valence-corrected chi connectivity index (χ2v) is 3.40. The molecule has 1 saturated heterocycles. The zero-order valence-electron chi connectivity index (χ0n) is 9.56. The fraction of sp³-hybridized carbons (Fsp3) is 0.364. The molecule has 0 radical (unpaired) electrons. The third-order valence-electron chi connectivity index (χ3n) is 2.49. The van der Waals surface area contributed by atoms with E-state index >= 15 is 0 Å². The van der Waals surface area contributed by atoms with Crippen LogP contribution >= 0.6 is 12.4 Å². The van der Waals surface area contributed by atoms with E-state index in [0.717, 1.165) is 5.56 Å². The van der Waals surface area contributed by atoms with Gasteiger partial charge in [-0.05, 0) is 12.1 Å². The van der Waals surface area contributed by atoms with Gasteiger partial charge in [0.05, 0.1) is 20.3 Å². The molecule has 0 saturated carbocycles. The lowest BCUT2D eigenvalue weighted by atomic mass is 10.1. The third kappa shape index (κ3) is 2.74. The van der Waals surface area contributed by atoms with Crippen LogP contribution in [-0.4, -0.2) is 26.9 Å². The molecule has 1 N–H and O–H groups in total. The van der Waals surface area contributed by atoms with Crippen molar-refractivity contribution < 1.29 is 19.0 Å². The first-order valence-electron chi connectivity index (χ1n) is 4.90. The highest BCUT2D eigenvalue weighted by molar-refractivity contribution is 5.85. The summed E-state index contributed by atoms with van der Waals surface area (Å²) in [6, 6.07) is 5.30. The molecule has 2 rings (SSSR count). The van der Waals surface area contributed by atoms with Gasteiger partial charge >= 0.3 is 6.09 Å². The summed E-state index contributed by atoms with van der Waals surface area (Å²) in [4.78, 5) is 11.0. The Balaban J connectivity index is 0.00000144. The Labute approximate surface area is 105 Å². The fourth-order valence-corrected chi connectivity index (χ4v) is 1.66. The van der Waals surface area contributed by atoms with E-state index in [1.165, 1.54) is 0 Å². The van der Waals surface area contributed by atoms with Crippen molar-refractivity contribution in [2.75, 3.05) is 20.8 Å². The van der Waals surface area contributed by atoms with Crippen molar-refractivity contribution >= 4 is 18.5 Å². The topological polar surface area (TPSA) is 56.8 Å². The number of carbonyl (C=O) groups excluding carboxylic acids is 1. The van der Waals surface area contributed by atoms with Crippen molar-refractivity contribution in [1.82, 2.24) is 5.32 Å². The Morgan fingerprint density at radius 3 is 2.65 bits per heavy atom. The SMILES string of the molecule is COc1ccc([C@H]2COC(=O)N2)c(OC)c1.Cl. The Morgan fingerprint density at radius 1 is 1.35 bits per heavy atom. The largest absolute Gasteiger partial charge is 0.497 e. The number of hydrogen-bond acceptors (Lipinski definition) is 4. The smallest absolute Gasteiger partial charge is 0.407 e. The number of cyclic esters (lactones) is 1. The minimum atomic E-state index is -0.400. The fourth-order valence-electron chi connectivity index (χ4n) is 1.66. The van der Waals surface area contributed by atoms with Crippen LogP contribution in [0.25, 0.3) is 0 Å². The molecule has 1 heterocycles. The maximum atomic E-state index is 11.0. The summed E-state index contributed by atoms with van der Waals surface area (Å²) >= 11 is 0. The molecule has 0 unspecified atom stereocenters. The van der Waals surface area contributed by atoms with Gasteiger partial charge in [0.25, 0.3) is 0 Å². The van der Waals surface area contributed by atoms with E-state index in [2.05, 4.69) is 5.32 Å². The van der Waals surface area contributed by atoms with Crippen LogP contribution in [-0.2, 0) is 4.74 Å². The summed E-state index contributed by atoms with van der Waals surface area (Å²) in [7, 11) is 3.17. The van der Waals surface area contributed by atoms with Crippen molar-refractivity contribution in [3.05, 3.63) is 23.8 Å². The zero-order chi connectivity index (χ0) is 11.5. The zero-order valence-corrected chi connectivity index (χ0v) is 10.4. The van der Waals surface area contributed by atoms with Gasteiger partial charge in [-0.25, -0.2) is 4.79 Å². The summed E-state index contributed by atoms with van der Waals surface area (Å²) in [6.45, 7) is 0.321. The average Bonchev–Trinajstić information content (AvgIpc) is 2.74. The molecular formula is C11H14ClNO4. The van der Waals surface area contributed by atoms with Crippen molar-refractivity contribution in [3.8, 4) is 11.5 Å². The molecule has 1 aliphatic rings. The number of alkyl carbamates (subject to hydrolysis) is 1. The molecule has 0 spiro atoms. The lowest BCUT2D eigenvalue weighted by molar-refractivity contribution is 0.177. The van der Waals surface area contributed by atoms with E-state index in [1.54, 1.807) is 20.3 Å². The molecule has 1 atom stereocenters. The second-order valence-electron chi connectivity index (χ2n) is 3.40. The lowest BCUT2D eigenvalue weighted by Crippen LogP contribution is -2.18. The highest BCUT2D eigenvalue weighted by Crippen LogP contribution is 2.31. The number of methoxy groups -OCH3 is 2. The summed E-state index contributed by atoms with van der Waals surface area (Å²) in [5.74, 6) is 1.39. The van der Waals surface area contributed by atoms with Crippen LogP contribution in [0.4, 0.5) is 4.79 Å². The minimum Gasteiger partial charge on any atom is -0.497 e. The van der Waals surface area contributed by atoms with Gasteiger partial charge in [-0.3, -0.25) is 0 Å². The standard InChI is InChI=1S/C11H13NO4.ClH/c1-14-7-3-4-8(10(5-7)15-2)9-6-16-11(13)12-9;/h3-5,9H,6H2,1-2H3,(H,12,13);1H/t9-;/m1./s1. The minimum absolute atomic E-state index is 0. The van der Waals surface area contributed by atoms with Crippen molar-refractivity contribution in [2.45, 2.75) is 6.04 Å². The molecule has 1 aromatic carbocycles. The molecule has 0 aliphatic carbocycles. The van der Waals surface area contributed by atoms with E-state index in [0.29, 0.717) is 18.1 Å². The van der Waals surface area contributed by atoms with Crippen molar-refractivity contribution in [1.29, 1.82) is 0 Å². The number of amides is 1. The molecule has 1 aliphatic heterocycles. The molecule has 17 heavy (non-hydrogen) atoms. The van der Waals surface area contributed by atoms with Crippen LogP contribution in [0.5, 0.6) is 11.5 Å². The molecule has 1 amide bonds. The van der Waals surface area contributed by atoms with Crippen LogP contribution in [0.15, 0.2) is 18.2 Å². The third-order valence-corrected chi connectivity index (χ3v) is 2.49. The Bertz CT molecular complexity index is 410. The number of rotatable bonds is 3. The number of nitrogens with one attached hydrogen (secondary N) is 1. The highest BCUT2D eigenvalue weighted by atomic mass is 35.5. The normalized spacial score (nSPS) is 17.8. The number of carbonyl (C=O) groups is 1. The molecule has 0 aromatic heterocycles. The summed E-state index contributed by atoms with van der Waals surface area (Å²) in [5.41, 5.74) is 0.883. The lowest BCUT2D eigenvalue weighted by Gasteiger charge is -2.13.